The number of phosphoric acid groups is 1. The van der Waals surface area contributed by atoms with Gasteiger partial charge in [-0.3, -0.25) is 14.0 Å². The van der Waals surface area contributed by atoms with Gasteiger partial charge in [0, 0.05) is 29.9 Å². The minimum absolute atomic E-state index is 0. The van der Waals surface area contributed by atoms with Gasteiger partial charge in [0.2, 0.25) is 5.95 Å². The maximum Gasteiger partial charge on any atom is 0.471 e. The molecule has 1 unspecified atom stereocenters. The number of hydrogen-bond acceptors (Lipinski definition) is 10. The van der Waals surface area contributed by atoms with Crippen molar-refractivity contribution in [1.82, 2.24) is 35.7 Å². The molecule has 6 N–H and O–H groups in total. The molecule has 1 atom stereocenters. The topological polar surface area (TPSA) is 202 Å². The van der Waals surface area contributed by atoms with E-state index in [0.717, 1.165) is 49.2 Å². The first-order chi connectivity index (χ1) is 20.0. The number of amides is 1. The van der Waals surface area contributed by atoms with Gasteiger partial charge in [-0.25, -0.2) is 23.6 Å². The fourth-order valence-electron chi connectivity index (χ4n) is 4.73. The van der Waals surface area contributed by atoms with E-state index in [4.69, 9.17) is 14.5 Å². The Hall–Kier alpha value is -3.44. The smallest absolute Gasteiger partial charge is 0.379 e. The first-order valence-corrected chi connectivity index (χ1v) is 15.5. The number of aromatic nitrogens is 6. The molecule has 43 heavy (non-hydrogen) atoms. The van der Waals surface area contributed by atoms with Crippen LogP contribution in [0.1, 0.15) is 62.3 Å². The van der Waals surface area contributed by atoms with Crippen molar-refractivity contribution in [2.45, 2.75) is 57.9 Å². The SMILES string of the molecule is CCOC1CCC(n2cc(NC(=O)c3csc(-c4cnn(C(C)OP(=O)(O)O)c4)n3)c(-c3nc(F)ccc3F)n2)CC1.N. The third-order valence-corrected chi connectivity index (χ3v) is 8.16. The number of nitrogens with one attached hydrogen (secondary N) is 1. The predicted molar refractivity (Wildman–Crippen MR) is 152 cm³/mol. The largest absolute Gasteiger partial charge is 0.471 e. The maximum atomic E-state index is 14.7. The summed E-state index contributed by atoms with van der Waals surface area (Å²) in [6.07, 6.45) is 6.76. The number of pyridine rings is 1. The number of carbonyl (C=O) groups excluding carboxylic acids is 1. The van der Waals surface area contributed by atoms with Crippen LogP contribution in [0, 0.1) is 11.8 Å². The normalized spacial score (nSPS) is 17.8. The lowest BCUT2D eigenvalue weighted by Gasteiger charge is -2.28. The second kappa shape index (κ2) is 13.5. The van der Waals surface area contributed by atoms with Gasteiger partial charge in [0.25, 0.3) is 5.91 Å². The predicted octanol–water partition coefficient (Wildman–Crippen LogP) is 5.11. The number of anilines is 1. The summed E-state index contributed by atoms with van der Waals surface area (Å²) in [4.78, 5) is 39.3. The van der Waals surface area contributed by atoms with Crippen LogP contribution in [0.15, 0.2) is 36.1 Å². The van der Waals surface area contributed by atoms with Gasteiger partial charge in [0.1, 0.15) is 22.1 Å². The van der Waals surface area contributed by atoms with Gasteiger partial charge in [0.15, 0.2) is 12.0 Å². The zero-order valence-electron chi connectivity index (χ0n) is 23.3. The Labute approximate surface area is 248 Å². The molecule has 5 rings (SSSR count). The van der Waals surface area contributed by atoms with Crippen LogP contribution in [-0.2, 0) is 13.8 Å². The fraction of sp³-hybridized carbons (Fsp3) is 0.400. The van der Waals surface area contributed by atoms with Gasteiger partial charge < -0.3 is 26.0 Å². The highest BCUT2D eigenvalue weighted by Gasteiger charge is 2.27. The zero-order chi connectivity index (χ0) is 30.0. The van der Waals surface area contributed by atoms with E-state index in [1.54, 1.807) is 10.9 Å². The van der Waals surface area contributed by atoms with Crippen LogP contribution in [0.4, 0.5) is 14.5 Å². The van der Waals surface area contributed by atoms with Crippen molar-refractivity contribution in [1.29, 1.82) is 0 Å². The molecule has 0 radical (unpaired) electrons. The molecule has 1 saturated carbocycles. The van der Waals surface area contributed by atoms with E-state index in [1.165, 1.54) is 29.4 Å². The number of rotatable bonds is 10. The lowest BCUT2D eigenvalue weighted by Crippen LogP contribution is -2.24. The van der Waals surface area contributed by atoms with Gasteiger partial charge in [-0.2, -0.15) is 14.6 Å². The highest BCUT2D eigenvalue weighted by Crippen LogP contribution is 2.40. The number of thiazole rings is 1. The molecule has 0 aliphatic heterocycles. The van der Waals surface area contributed by atoms with Gasteiger partial charge in [-0.15, -0.1) is 11.3 Å². The van der Waals surface area contributed by atoms with Crippen molar-refractivity contribution >= 4 is 30.8 Å². The summed E-state index contributed by atoms with van der Waals surface area (Å²) in [7, 11) is -4.73. The molecule has 0 spiro atoms. The van der Waals surface area contributed by atoms with Crippen LogP contribution in [0.25, 0.3) is 22.0 Å². The zero-order valence-corrected chi connectivity index (χ0v) is 25.0. The Balaban J connectivity index is 0.00000423. The van der Waals surface area contributed by atoms with E-state index in [9.17, 15) is 18.1 Å². The van der Waals surface area contributed by atoms with Crippen LogP contribution in [0.2, 0.25) is 0 Å². The third kappa shape index (κ3) is 7.75. The summed E-state index contributed by atoms with van der Waals surface area (Å²) in [5.41, 5.74) is 0.344. The number of phosphoric ester groups is 1. The maximum absolute atomic E-state index is 14.7. The van der Waals surface area contributed by atoms with Crippen LogP contribution in [-0.4, -0.2) is 57.9 Å². The number of ether oxygens (including phenoxy) is 1. The summed E-state index contributed by atoms with van der Waals surface area (Å²) in [5.74, 6) is -2.29. The second-order valence-electron chi connectivity index (χ2n) is 9.62. The molecule has 232 valence electrons. The van der Waals surface area contributed by atoms with E-state index in [2.05, 4.69) is 30.0 Å². The van der Waals surface area contributed by atoms with Crippen molar-refractivity contribution in [2.24, 2.45) is 0 Å². The first kappa shape index (κ1) is 32.5. The quantitative estimate of drug-likeness (QED) is 0.133. The molecular weight excluding hydrogens is 609 g/mol. The van der Waals surface area contributed by atoms with E-state index in [1.807, 2.05) is 6.92 Å². The van der Waals surface area contributed by atoms with Gasteiger partial charge >= 0.3 is 7.82 Å². The number of nitrogens with zero attached hydrogens (tertiary/aromatic N) is 6. The molecule has 4 aromatic heterocycles. The van der Waals surface area contributed by atoms with E-state index in [0.29, 0.717) is 17.2 Å². The Bertz CT molecular complexity index is 1620. The minimum atomic E-state index is -4.73. The van der Waals surface area contributed by atoms with Crippen molar-refractivity contribution in [3.8, 4) is 22.0 Å². The second-order valence-corrected chi connectivity index (χ2v) is 11.7. The first-order valence-electron chi connectivity index (χ1n) is 13.1. The minimum Gasteiger partial charge on any atom is -0.379 e. The Morgan fingerprint density at radius 3 is 2.63 bits per heavy atom. The van der Waals surface area contributed by atoms with Crippen LogP contribution in [0.3, 0.4) is 0 Å². The molecule has 18 heteroatoms. The number of hydrogen-bond donors (Lipinski definition) is 4. The van der Waals surface area contributed by atoms with E-state index in [-0.39, 0.29) is 41.1 Å². The molecule has 14 nitrogen and oxygen atoms in total. The molecule has 0 bridgehead atoms. The van der Waals surface area contributed by atoms with Crippen LogP contribution >= 0.6 is 19.2 Å². The van der Waals surface area contributed by atoms with Gasteiger partial charge in [0.05, 0.1) is 24.0 Å². The molecular formula is C25H31F2N8O6PS. The lowest BCUT2D eigenvalue weighted by atomic mass is 9.93. The van der Waals surface area contributed by atoms with Gasteiger partial charge in [-0.1, -0.05) is 0 Å². The fourth-order valence-corrected chi connectivity index (χ4v) is 6.00. The summed E-state index contributed by atoms with van der Waals surface area (Å²) < 4.78 is 53.1. The number of halogens is 2. The Morgan fingerprint density at radius 2 is 1.93 bits per heavy atom. The molecule has 1 aliphatic carbocycles. The van der Waals surface area contributed by atoms with Crippen molar-refractivity contribution in [2.75, 3.05) is 11.9 Å². The molecule has 4 aromatic rings. The van der Waals surface area contributed by atoms with Gasteiger partial charge in [-0.05, 0) is 51.7 Å². The summed E-state index contributed by atoms with van der Waals surface area (Å²) in [5, 5.41) is 13.2. The lowest BCUT2D eigenvalue weighted by molar-refractivity contribution is 0.0260. The highest BCUT2D eigenvalue weighted by molar-refractivity contribution is 7.46. The van der Waals surface area contributed by atoms with Crippen LogP contribution in [0.5, 0.6) is 0 Å². The molecule has 1 amide bonds. The molecule has 1 aliphatic rings. The Morgan fingerprint density at radius 1 is 1.19 bits per heavy atom. The van der Waals surface area contributed by atoms with E-state index < -0.39 is 31.7 Å². The van der Waals surface area contributed by atoms with E-state index >= 15 is 0 Å². The van der Waals surface area contributed by atoms with Crippen molar-refractivity contribution in [3.63, 3.8) is 0 Å². The monoisotopic (exact) mass is 640 g/mol. The molecule has 0 saturated heterocycles. The van der Waals surface area contributed by atoms with Crippen molar-refractivity contribution < 1.29 is 37.2 Å². The summed E-state index contributed by atoms with van der Waals surface area (Å²) in [6.45, 7) is 3.99. The molecule has 0 aromatic carbocycles. The van der Waals surface area contributed by atoms with Crippen molar-refractivity contribution in [3.05, 3.63) is 53.6 Å². The third-order valence-electron chi connectivity index (χ3n) is 6.68. The average molecular weight is 641 g/mol. The Kier molecular flexibility index (Phi) is 10.2. The molecule has 4 heterocycles. The average Bonchev–Trinajstić information content (AvgIpc) is 3.70. The highest BCUT2D eigenvalue weighted by atomic mass is 32.1. The standard InChI is InChI=1S/C25H28F2N7O6PS.H3N/c1-3-39-17-6-4-16(5-7-17)34-12-19(23(32-34)22-18(26)8-9-21(27)31-22)29-24(35)20-13-42-25(30-20)15-10-28-33(11-15)14(2)40-41(36,37)38;/h8-14,16-17H,3-7H2,1-2H3,(H,29,35)(H2,36,37,38);1H3. The summed E-state index contributed by atoms with van der Waals surface area (Å²) in [6, 6.07) is 1.83. The van der Waals surface area contributed by atoms with Crippen LogP contribution < -0.4 is 11.5 Å². The summed E-state index contributed by atoms with van der Waals surface area (Å²) >= 11 is 1.14. The molecule has 1 fully saturated rings. The number of carbonyl (C=O) groups is 1.